The highest BCUT2D eigenvalue weighted by atomic mass is 31.1. The maximum atomic E-state index is 12.0. The van der Waals surface area contributed by atoms with Crippen molar-refractivity contribution in [2.24, 2.45) is 0 Å². The number of carboxylic acid groups (broad SMARTS) is 1. The van der Waals surface area contributed by atoms with Gasteiger partial charge in [0.2, 0.25) is 0 Å². The molecular weight excluding hydrogens is 431 g/mol. The molecule has 0 radical (unpaired) electrons. The molecule has 31 heavy (non-hydrogen) atoms. The zero-order chi connectivity index (χ0) is 22.4. The monoisotopic (exact) mass is 454 g/mol. The highest BCUT2D eigenvalue weighted by molar-refractivity contribution is 7.37. The first-order valence-corrected chi connectivity index (χ1v) is 10.7. The fourth-order valence-electron chi connectivity index (χ4n) is 2.91. The van der Waals surface area contributed by atoms with E-state index >= 15 is 0 Å². The Balaban J connectivity index is 1.58. The highest BCUT2D eigenvalue weighted by Gasteiger charge is 2.36. The van der Waals surface area contributed by atoms with E-state index in [0.29, 0.717) is 0 Å². The molecule has 1 aromatic heterocycles. The predicted octanol–water partition coefficient (Wildman–Crippen LogP) is 0.386. The Hall–Kier alpha value is -2.92. The van der Waals surface area contributed by atoms with Gasteiger partial charge in [0.25, 0.3) is 0 Å². The minimum atomic E-state index is -2.74. The van der Waals surface area contributed by atoms with Crippen LogP contribution in [0.15, 0.2) is 41.3 Å². The highest BCUT2D eigenvalue weighted by Crippen LogP contribution is 2.34. The molecule has 1 unspecified atom stereocenters. The second-order valence-electron chi connectivity index (χ2n) is 6.69. The van der Waals surface area contributed by atoms with Gasteiger partial charge in [-0.25, -0.2) is 9.88 Å². The van der Waals surface area contributed by atoms with Crippen molar-refractivity contribution in [3.63, 3.8) is 0 Å². The van der Waals surface area contributed by atoms with Crippen LogP contribution in [0.2, 0.25) is 0 Å². The van der Waals surface area contributed by atoms with Crippen LogP contribution >= 0.6 is 8.18 Å². The molecule has 0 bridgehead atoms. The molecule has 5 N–H and O–H groups in total. The number of hydrogen-bond acceptors (Lipinski definition) is 9. The first kappa shape index (κ1) is 22.8. The lowest BCUT2D eigenvalue weighted by Crippen LogP contribution is -2.29. The molecule has 3 rings (SSSR count). The van der Waals surface area contributed by atoms with Gasteiger partial charge in [-0.2, -0.15) is 4.98 Å². The summed E-state index contributed by atoms with van der Waals surface area (Å²) in [5, 5.41) is 21.4. The maximum Gasteiger partial charge on any atom is 0.351 e. The smallest absolute Gasteiger partial charge is 0.351 e. The molecule has 1 saturated heterocycles. The number of nitrogens with two attached hydrogens (primary N) is 1. The van der Waals surface area contributed by atoms with Crippen LogP contribution in [0.5, 0.6) is 11.5 Å². The van der Waals surface area contributed by atoms with Gasteiger partial charge in [-0.05, 0) is 18.2 Å². The number of para-hydroxylation sites is 2. The SMILES string of the molecule is Nc1ccn([C@H]2C[C@H](O)[C@@H](COc3ccccc3O[PH](=O)NCCC(=O)O)O2)c(=O)n1. The van der Waals surface area contributed by atoms with E-state index in [-0.39, 0.29) is 43.3 Å². The van der Waals surface area contributed by atoms with Gasteiger partial charge in [-0.3, -0.25) is 13.9 Å². The number of nitrogens with one attached hydrogen (secondary N) is 1. The molecule has 4 atom stereocenters. The number of carboxylic acids is 1. The summed E-state index contributed by atoms with van der Waals surface area (Å²) < 4.78 is 30.0. The van der Waals surface area contributed by atoms with E-state index < -0.39 is 38.3 Å². The lowest BCUT2D eigenvalue weighted by atomic mass is 10.2. The van der Waals surface area contributed by atoms with Crippen LogP contribution in [0.3, 0.4) is 0 Å². The van der Waals surface area contributed by atoms with Crippen molar-refractivity contribution in [3.8, 4) is 11.5 Å². The summed E-state index contributed by atoms with van der Waals surface area (Å²) in [4.78, 5) is 26.1. The number of aliphatic carboxylic acids is 1. The normalized spacial score (nSPS) is 21.5. The fourth-order valence-corrected chi connectivity index (χ4v) is 3.68. The molecule has 0 amide bonds. The molecule has 2 heterocycles. The summed E-state index contributed by atoms with van der Waals surface area (Å²) in [7, 11) is -2.74. The molecule has 1 fully saturated rings. The van der Waals surface area contributed by atoms with Crippen molar-refractivity contribution in [1.82, 2.24) is 14.6 Å². The fraction of sp³-hybridized carbons (Fsp3) is 0.389. The van der Waals surface area contributed by atoms with Gasteiger partial charge in [0.1, 0.15) is 24.8 Å². The zero-order valence-electron chi connectivity index (χ0n) is 16.3. The Morgan fingerprint density at radius 1 is 1.35 bits per heavy atom. The van der Waals surface area contributed by atoms with Crippen LogP contribution in [-0.2, 0) is 14.1 Å². The van der Waals surface area contributed by atoms with Gasteiger partial charge in [0, 0.05) is 19.2 Å². The van der Waals surface area contributed by atoms with Crippen LogP contribution < -0.4 is 25.8 Å². The number of anilines is 1. The van der Waals surface area contributed by atoms with Crippen LogP contribution in [-0.4, -0.2) is 51.1 Å². The van der Waals surface area contributed by atoms with E-state index in [9.17, 15) is 19.3 Å². The third-order valence-corrected chi connectivity index (χ3v) is 5.37. The van der Waals surface area contributed by atoms with Gasteiger partial charge in [0.15, 0.2) is 11.5 Å². The molecule has 12 nitrogen and oxygen atoms in total. The van der Waals surface area contributed by atoms with Gasteiger partial charge in [-0.15, -0.1) is 0 Å². The lowest BCUT2D eigenvalue weighted by molar-refractivity contribution is -0.136. The number of ether oxygens (including phenoxy) is 2. The summed E-state index contributed by atoms with van der Waals surface area (Å²) in [6.45, 7) is -0.0540. The largest absolute Gasteiger partial charge is 0.487 e. The van der Waals surface area contributed by atoms with Crippen molar-refractivity contribution in [2.75, 3.05) is 18.9 Å². The number of hydrogen-bond donors (Lipinski definition) is 4. The number of benzene rings is 1. The van der Waals surface area contributed by atoms with E-state index in [4.69, 9.17) is 24.8 Å². The molecule has 0 saturated carbocycles. The zero-order valence-corrected chi connectivity index (χ0v) is 17.3. The summed E-state index contributed by atoms with van der Waals surface area (Å²) in [6, 6.07) is 7.94. The molecule has 0 spiro atoms. The van der Waals surface area contributed by atoms with Gasteiger partial charge >= 0.3 is 19.8 Å². The first-order chi connectivity index (χ1) is 14.8. The molecule has 2 aromatic rings. The van der Waals surface area contributed by atoms with Crippen LogP contribution in [0, 0.1) is 0 Å². The molecule has 1 aliphatic rings. The van der Waals surface area contributed by atoms with Crippen LogP contribution in [0.1, 0.15) is 19.1 Å². The van der Waals surface area contributed by atoms with E-state index in [0.717, 1.165) is 0 Å². The van der Waals surface area contributed by atoms with Crippen LogP contribution in [0.25, 0.3) is 0 Å². The third kappa shape index (κ3) is 6.28. The van der Waals surface area contributed by atoms with Gasteiger partial charge < -0.3 is 29.9 Å². The number of aromatic nitrogens is 2. The Kier molecular flexibility index (Phi) is 7.64. The Labute approximate surface area is 177 Å². The van der Waals surface area contributed by atoms with Gasteiger partial charge in [0.05, 0.1) is 12.5 Å². The summed E-state index contributed by atoms with van der Waals surface area (Å²) in [6.07, 6.45) is -0.913. The number of nitrogens with zero attached hydrogens (tertiary/aromatic N) is 2. The van der Waals surface area contributed by atoms with E-state index in [1.165, 1.54) is 16.8 Å². The standard InChI is InChI=1S/C18H23N4O8P/c19-15-6-8-22(18(26)21-15)16-9-11(23)14(29-16)10-28-12-3-1-2-4-13(12)30-31(27)20-7-5-17(24)25/h1-4,6,8,11,14,16,23,31H,5,7,9-10H2,(H,20,27)(H,24,25)(H2,19,21,26)/t11-,14+,16+/m0/s1. The molecular formula is C18H23N4O8P. The number of aliphatic hydroxyl groups excluding tert-OH is 1. The minimum Gasteiger partial charge on any atom is -0.487 e. The Morgan fingerprint density at radius 2 is 2.10 bits per heavy atom. The Morgan fingerprint density at radius 3 is 2.81 bits per heavy atom. The minimum absolute atomic E-state index is 0.000982. The van der Waals surface area contributed by atoms with Crippen molar-refractivity contribution in [3.05, 3.63) is 47.0 Å². The van der Waals surface area contributed by atoms with Crippen molar-refractivity contribution >= 4 is 20.0 Å². The number of rotatable bonds is 10. The predicted molar refractivity (Wildman–Crippen MR) is 109 cm³/mol. The molecule has 168 valence electrons. The molecule has 1 aliphatic heterocycles. The summed E-state index contributed by atoms with van der Waals surface area (Å²) in [5.74, 6) is -0.465. The lowest BCUT2D eigenvalue weighted by Gasteiger charge is -2.18. The number of carbonyl (C=O) groups is 1. The van der Waals surface area contributed by atoms with E-state index in [1.807, 2.05) is 0 Å². The third-order valence-electron chi connectivity index (χ3n) is 4.43. The van der Waals surface area contributed by atoms with Gasteiger partial charge in [-0.1, -0.05) is 12.1 Å². The summed E-state index contributed by atoms with van der Waals surface area (Å²) >= 11 is 0. The second-order valence-corrected chi connectivity index (χ2v) is 7.82. The van der Waals surface area contributed by atoms with E-state index in [1.54, 1.807) is 24.3 Å². The van der Waals surface area contributed by atoms with E-state index in [2.05, 4.69) is 10.1 Å². The molecule has 0 aliphatic carbocycles. The molecule has 13 heteroatoms. The number of nitrogen functional groups attached to an aromatic ring is 1. The average Bonchev–Trinajstić information content (AvgIpc) is 3.07. The maximum absolute atomic E-state index is 12.0. The summed E-state index contributed by atoms with van der Waals surface area (Å²) in [5.41, 5.74) is 4.90. The van der Waals surface area contributed by atoms with Crippen LogP contribution in [0.4, 0.5) is 5.82 Å². The molecule has 1 aromatic carbocycles. The van der Waals surface area contributed by atoms with Crippen molar-refractivity contribution in [1.29, 1.82) is 0 Å². The second kappa shape index (κ2) is 10.4. The topological polar surface area (TPSA) is 175 Å². The quantitative estimate of drug-likeness (QED) is 0.365. The number of aliphatic hydroxyl groups is 1. The average molecular weight is 454 g/mol. The first-order valence-electron chi connectivity index (χ1n) is 9.41. The van der Waals surface area contributed by atoms with Crippen molar-refractivity contribution < 1.29 is 33.6 Å². The Bertz CT molecular complexity index is 1000. The van der Waals surface area contributed by atoms with Crippen molar-refractivity contribution in [2.45, 2.75) is 31.3 Å².